The van der Waals surface area contributed by atoms with Crippen molar-refractivity contribution in [3.05, 3.63) is 29.8 Å². The summed E-state index contributed by atoms with van der Waals surface area (Å²) < 4.78 is 11.8. The average Bonchev–Trinajstić information content (AvgIpc) is 2.70. The van der Waals surface area contributed by atoms with Crippen molar-refractivity contribution in [1.82, 2.24) is 4.90 Å². The van der Waals surface area contributed by atoms with Gasteiger partial charge in [-0.15, -0.1) is 0 Å². The van der Waals surface area contributed by atoms with E-state index in [9.17, 15) is 5.11 Å². The summed E-state index contributed by atoms with van der Waals surface area (Å²) in [7, 11) is 0. The van der Waals surface area contributed by atoms with E-state index in [0.717, 1.165) is 51.1 Å². The lowest BCUT2D eigenvalue weighted by Gasteiger charge is -2.36. The zero-order valence-electron chi connectivity index (χ0n) is 21.1. The molecule has 1 heterocycles. The highest BCUT2D eigenvalue weighted by atomic mass is 16.5. The van der Waals surface area contributed by atoms with Crippen LogP contribution in [-0.4, -0.2) is 73.3 Å². The van der Waals surface area contributed by atoms with Gasteiger partial charge in [0.15, 0.2) is 0 Å². The van der Waals surface area contributed by atoms with Crippen molar-refractivity contribution in [3.8, 4) is 11.8 Å². The zero-order valence-corrected chi connectivity index (χ0v) is 21.1. The summed E-state index contributed by atoms with van der Waals surface area (Å²) in [6.45, 7) is 18.3. The minimum absolute atomic E-state index is 0.138. The van der Waals surface area contributed by atoms with E-state index in [2.05, 4.69) is 66.7 Å². The van der Waals surface area contributed by atoms with Gasteiger partial charge in [0.1, 0.15) is 6.61 Å². The molecule has 0 spiro atoms. The molecule has 0 aromatic heterocycles. The van der Waals surface area contributed by atoms with E-state index in [1.54, 1.807) is 0 Å². The van der Waals surface area contributed by atoms with E-state index in [4.69, 9.17) is 9.47 Å². The second kappa shape index (κ2) is 12.6. The molecule has 5 heteroatoms. The molecule has 0 aliphatic carbocycles. The molecule has 1 saturated heterocycles. The lowest BCUT2D eigenvalue weighted by atomic mass is 10.1. The minimum Gasteiger partial charge on any atom is -0.396 e. The molecule has 1 fully saturated rings. The Balaban J connectivity index is 1.77. The van der Waals surface area contributed by atoms with Gasteiger partial charge in [-0.1, -0.05) is 17.9 Å². The van der Waals surface area contributed by atoms with Crippen LogP contribution in [0.2, 0.25) is 0 Å². The van der Waals surface area contributed by atoms with Crippen LogP contribution in [0.1, 0.15) is 66.4 Å². The van der Waals surface area contributed by atoms with Gasteiger partial charge in [-0.2, -0.15) is 0 Å². The smallest absolute Gasteiger partial charge is 0.108 e. The first kappa shape index (κ1) is 26.7. The summed E-state index contributed by atoms with van der Waals surface area (Å²) in [5, 5.41) is 9.32. The van der Waals surface area contributed by atoms with Crippen molar-refractivity contribution in [2.75, 3.05) is 50.8 Å². The number of ether oxygens (including phenoxy) is 2. The van der Waals surface area contributed by atoms with Crippen LogP contribution in [0.25, 0.3) is 0 Å². The Morgan fingerprint density at radius 3 is 2.34 bits per heavy atom. The van der Waals surface area contributed by atoms with E-state index < -0.39 is 0 Å². The van der Waals surface area contributed by atoms with Crippen molar-refractivity contribution < 1.29 is 14.6 Å². The second-order valence-electron chi connectivity index (χ2n) is 10.6. The molecule has 180 valence electrons. The Labute approximate surface area is 196 Å². The molecule has 0 radical (unpaired) electrons. The number of hydrogen-bond acceptors (Lipinski definition) is 5. The predicted octanol–water partition coefficient (Wildman–Crippen LogP) is 4.32. The van der Waals surface area contributed by atoms with Crippen LogP contribution in [-0.2, 0) is 9.47 Å². The highest BCUT2D eigenvalue weighted by molar-refractivity contribution is 5.53. The van der Waals surface area contributed by atoms with Gasteiger partial charge in [-0.05, 0) is 85.5 Å². The molecule has 1 aromatic rings. The molecule has 2 rings (SSSR count). The van der Waals surface area contributed by atoms with Crippen LogP contribution >= 0.6 is 0 Å². The van der Waals surface area contributed by atoms with Crippen molar-refractivity contribution >= 4 is 5.69 Å². The van der Waals surface area contributed by atoms with Crippen LogP contribution < -0.4 is 4.90 Å². The summed E-state index contributed by atoms with van der Waals surface area (Å²) in [6.07, 6.45) is 2.95. The first-order valence-corrected chi connectivity index (χ1v) is 12.0. The normalized spacial score (nSPS) is 16.5. The van der Waals surface area contributed by atoms with Crippen LogP contribution in [0.4, 0.5) is 5.69 Å². The van der Waals surface area contributed by atoms with E-state index in [-0.39, 0.29) is 23.9 Å². The standard InChI is InChI=1S/C27H44N2O3/c1-26(2,3)31-21-9-11-23-10-7-12-24(22-23)29-18-16-28(17-19-29)15-8-13-25(14-20-30)32-27(4,5)6/h7,10,12,22,25,30H,8,13-21H2,1-6H3. The second-order valence-corrected chi connectivity index (χ2v) is 10.6. The number of benzene rings is 1. The first-order valence-electron chi connectivity index (χ1n) is 12.0. The summed E-state index contributed by atoms with van der Waals surface area (Å²) in [4.78, 5) is 4.99. The molecular weight excluding hydrogens is 400 g/mol. The molecule has 5 nitrogen and oxygen atoms in total. The molecule has 0 bridgehead atoms. The Morgan fingerprint density at radius 1 is 1.00 bits per heavy atom. The maximum atomic E-state index is 9.32. The summed E-state index contributed by atoms with van der Waals surface area (Å²) in [5.74, 6) is 6.35. The fourth-order valence-corrected chi connectivity index (χ4v) is 3.85. The zero-order chi connectivity index (χ0) is 23.6. The molecule has 0 saturated carbocycles. The molecule has 1 unspecified atom stereocenters. The molecule has 1 aliphatic rings. The summed E-state index contributed by atoms with van der Waals surface area (Å²) in [5.41, 5.74) is 1.96. The number of piperazine rings is 1. The highest BCUT2D eigenvalue weighted by Crippen LogP contribution is 2.20. The molecule has 0 amide bonds. The summed E-state index contributed by atoms with van der Waals surface area (Å²) >= 11 is 0. The molecule has 32 heavy (non-hydrogen) atoms. The number of hydrogen-bond donors (Lipinski definition) is 1. The average molecular weight is 445 g/mol. The highest BCUT2D eigenvalue weighted by Gasteiger charge is 2.20. The number of nitrogens with zero attached hydrogens (tertiary/aromatic N) is 2. The van der Waals surface area contributed by atoms with E-state index in [0.29, 0.717) is 13.0 Å². The number of aliphatic hydroxyl groups excluding tert-OH is 1. The molecular formula is C27H44N2O3. The van der Waals surface area contributed by atoms with Gasteiger partial charge >= 0.3 is 0 Å². The maximum absolute atomic E-state index is 9.32. The third-order valence-electron chi connectivity index (χ3n) is 5.37. The van der Waals surface area contributed by atoms with Crippen molar-refractivity contribution in [2.45, 2.75) is 78.1 Å². The first-order chi connectivity index (χ1) is 15.1. The third-order valence-corrected chi connectivity index (χ3v) is 5.37. The third kappa shape index (κ3) is 10.8. The van der Waals surface area contributed by atoms with Gasteiger partial charge < -0.3 is 19.5 Å². The van der Waals surface area contributed by atoms with Gasteiger partial charge in [0.2, 0.25) is 0 Å². The van der Waals surface area contributed by atoms with Gasteiger partial charge in [0, 0.05) is 44.0 Å². The predicted molar refractivity (Wildman–Crippen MR) is 133 cm³/mol. The Morgan fingerprint density at radius 2 is 1.72 bits per heavy atom. The van der Waals surface area contributed by atoms with Crippen LogP contribution in [0.15, 0.2) is 24.3 Å². The SMILES string of the molecule is CC(C)(C)OCC#Cc1cccc(N2CCN(CCCC(CCO)OC(C)(C)C)CC2)c1. The number of aliphatic hydroxyl groups is 1. The van der Waals surface area contributed by atoms with Crippen molar-refractivity contribution in [2.24, 2.45) is 0 Å². The van der Waals surface area contributed by atoms with Gasteiger partial charge in [-0.25, -0.2) is 0 Å². The van der Waals surface area contributed by atoms with Crippen molar-refractivity contribution in [3.63, 3.8) is 0 Å². The molecule has 1 aliphatic heterocycles. The van der Waals surface area contributed by atoms with Crippen LogP contribution in [0, 0.1) is 11.8 Å². The fourth-order valence-electron chi connectivity index (χ4n) is 3.85. The monoisotopic (exact) mass is 444 g/mol. The Bertz CT molecular complexity index is 732. The largest absolute Gasteiger partial charge is 0.396 e. The fraction of sp³-hybridized carbons (Fsp3) is 0.704. The summed E-state index contributed by atoms with van der Waals surface area (Å²) in [6, 6.07) is 8.51. The number of rotatable bonds is 9. The molecule has 1 atom stereocenters. The van der Waals surface area contributed by atoms with Crippen molar-refractivity contribution in [1.29, 1.82) is 0 Å². The van der Waals surface area contributed by atoms with Crippen LogP contribution in [0.5, 0.6) is 0 Å². The van der Waals surface area contributed by atoms with Gasteiger partial charge in [0.05, 0.1) is 17.3 Å². The van der Waals surface area contributed by atoms with E-state index >= 15 is 0 Å². The number of anilines is 1. The maximum Gasteiger partial charge on any atom is 0.108 e. The Hall–Kier alpha value is -1.58. The van der Waals surface area contributed by atoms with Gasteiger partial charge in [-0.3, -0.25) is 4.90 Å². The minimum atomic E-state index is -0.163. The molecule has 1 N–H and O–H groups in total. The lowest BCUT2D eigenvalue weighted by molar-refractivity contribution is -0.0719. The topological polar surface area (TPSA) is 45.2 Å². The van der Waals surface area contributed by atoms with Gasteiger partial charge in [0.25, 0.3) is 0 Å². The van der Waals surface area contributed by atoms with E-state index in [1.165, 1.54) is 5.69 Å². The quantitative estimate of drug-likeness (QED) is 0.575. The van der Waals surface area contributed by atoms with E-state index in [1.807, 2.05) is 20.8 Å². The Kier molecular flexibility index (Phi) is 10.5. The molecule has 1 aromatic carbocycles. The lowest BCUT2D eigenvalue weighted by Crippen LogP contribution is -2.46. The van der Waals surface area contributed by atoms with Crippen LogP contribution in [0.3, 0.4) is 0 Å².